The highest BCUT2D eigenvalue weighted by atomic mass is 15.1. The van der Waals surface area contributed by atoms with Crippen LogP contribution in [0.3, 0.4) is 0 Å². The molecule has 0 fully saturated rings. The monoisotopic (exact) mass is 615 g/mol. The lowest BCUT2D eigenvalue weighted by Crippen LogP contribution is -2.09. The zero-order valence-electron chi connectivity index (χ0n) is 30.8. The Balaban J connectivity index is 1.21. The van der Waals surface area contributed by atoms with Gasteiger partial charge in [0.2, 0.25) is 0 Å². The van der Waals surface area contributed by atoms with Crippen LogP contribution in [-0.4, -0.2) is 4.57 Å². The third kappa shape index (κ3) is 4.00. The Hall–Kier alpha value is -6.38. The molecule has 1 aromatic heterocycles. The van der Waals surface area contributed by atoms with Gasteiger partial charge in [0.05, 0.1) is 17.9 Å². The van der Waals surface area contributed by atoms with E-state index in [1.54, 1.807) is 0 Å². The average molecular weight is 616 g/mol. The largest absolute Gasteiger partial charge is 0.311 e. The predicted octanol–water partition coefficient (Wildman–Crippen LogP) is 12.8. The van der Waals surface area contributed by atoms with Gasteiger partial charge in [-0.1, -0.05) is 121 Å². The first-order valence-electron chi connectivity index (χ1n) is 18.6. The molecule has 1 heterocycles. The fourth-order valence-corrected chi connectivity index (χ4v) is 7.56. The highest BCUT2D eigenvalue weighted by Crippen LogP contribution is 2.45. The summed E-state index contributed by atoms with van der Waals surface area (Å²) in [4.78, 5) is 2.26. The molecule has 9 aromatic carbocycles. The van der Waals surface area contributed by atoms with Gasteiger partial charge in [0.1, 0.15) is 0 Å². The fraction of sp³-hybridized carbons (Fsp3) is 0. The van der Waals surface area contributed by atoms with Gasteiger partial charge in [0.25, 0.3) is 0 Å². The van der Waals surface area contributed by atoms with E-state index < -0.39 is 6.04 Å². The van der Waals surface area contributed by atoms with E-state index in [9.17, 15) is 0 Å². The normalized spacial score (nSPS) is 13.2. The lowest BCUT2D eigenvalue weighted by Gasteiger charge is -2.25. The highest BCUT2D eigenvalue weighted by molar-refractivity contribution is 6.32. The Labute approximate surface area is 285 Å². The lowest BCUT2D eigenvalue weighted by molar-refractivity contribution is 1.19. The van der Waals surface area contributed by atoms with Crippen LogP contribution >= 0.6 is 0 Å². The maximum absolute atomic E-state index is 8.94. The van der Waals surface area contributed by atoms with Crippen LogP contribution < -0.4 is 4.90 Å². The molecule has 0 atom stereocenters. The van der Waals surface area contributed by atoms with Crippen LogP contribution in [0.5, 0.6) is 0 Å². The van der Waals surface area contributed by atoms with E-state index in [2.05, 4.69) is 120 Å². The number of para-hydroxylation sites is 4. The first-order valence-corrected chi connectivity index (χ1v) is 16.1. The Bertz CT molecular complexity index is 2980. The van der Waals surface area contributed by atoms with Gasteiger partial charge in [0.15, 0.2) is 0 Å². The zero-order valence-corrected chi connectivity index (χ0v) is 25.8. The summed E-state index contributed by atoms with van der Waals surface area (Å²) >= 11 is 0. The van der Waals surface area contributed by atoms with Gasteiger partial charge in [-0.2, -0.15) is 0 Å². The number of anilines is 3. The Morgan fingerprint density at radius 1 is 0.458 bits per heavy atom. The first-order chi connectivity index (χ1) is 25.9. The molecule has 224 valence electrons. The Morgan fingerprint density at radius 3 is 1.81 bits per heavy atom. The van der Waals surface area contributed by atoms with Crippen molar-refractivity contribution in [1.82, 2.24) is 4.57 Å². The molecule has 0 bridgehead atoms. The summed E-state index contributed by atoms with van der Waals surface area (Å²) in [6.45, 7) is 0. The summed E-state index contributed by atoms with van der Waals surface area (Å²) in [5.74, 6) is 0. The maximum Gasteiger partial charge on any atom is 0.0645 e. The van der Waals surface area contributed by atoms with E-state index >= 15 is 0 Å². The highest BCUT2D eigenvalue weighted by Gasteiger charge is 2.20. The van der Waals surface area contributed by atoms with Crippen molar-refractivity contribution in [3.05, 3.63) is 182 Å². The standard InChI is InChI=1S/C46H30N2/c1-4-12-34(13-5-1)47(35-14-6-2-7-15-35)37-25-20-31(21-26-37)38-27-22-32-23-29-41-45-33(24-28-40(38)44(32)45)30-42-39-18-10-11-19-43(39)48(46(41)42)36-16-8-3-9-17-36/h1-30H/i3D,8D,9D,16D,17D. The minimum absolute atomic E-state index is 0.151. The van der Waals surface area contributed by atoms with Crippen molar-refractivity contribution in [3.63, 3.8) is 0 Å². The molecule has 0 N–H and O–H groups in total. The molecule has 0 aliphatic carbocycles. The molecule has 0 aliphatic rings. The van der Waals surface area contributed by atoms with Gasteiger partial charge in [-0.15, -0.1) is 0 Å². The van der Waals surface area contributed by atoms with E-state index in [4.69, 9.17) is 6.85 Å². The average Bonchev–Trinajstić information content (AvgIpc) is 3.53. The number of hydrogen-bond donors (Lipinski definition) is 0. The molecule has 10 aromatic rings. The summed E-state index contributed by atoms with van der Waals surface area (Å²) in [7, 11) is 0. The van der Waals surface area contributed by atoms with Crippen LogP contribution in [0.2, 0.25) is 0 Å². The van der Waals surface area contributed by atoms with Gasteiger partial charge in [-0.05, 0) is 98.7 Å². The Morgan fingerprint density at radius 2 is 1.06 bits per heavy atom. The second-order valence-corrected chi connectivity index (χ2v) is 12.2. The van der Waals surface area contributed by atoms with Crippen LogP contribution in [0.1, 0.15) is 6.85 Å². The minimum atomic E-state index is -0.403. The second kappa shape index (κ2) is 10.6. The third-order valence-corrected chi connectivity index (χ3v) is 9.59. The lowest BCUT2D eigenvalue weighted by atomic mass is 9.89. The van der Waals surface area contributed by atoms with Crippen LogP contribution in [0.15, 0.2) is 182 Å². The summed E-state index contributed by atoms with van der Waals surface area (Å²) < 4.78 is 45.0. The molecule has 48 heavy (non-hydrogen) atoms. The van der Waals surface area contributed by atoms with Crippen LogP contribution in [0.25, 0.3) is 70.9 Å². The van der Waals surface area contributed by atoms with E-state index in [1.807, 2.05) is 41.0 Å². The minimum Gasteiger partial charge on any atom is -0.311 e. The van der Waals surface area contributed by atoms with Crippen LogP contribution in [-0.2, 0) is 0 Å². The predicted molar refractivity (Wildman–Crippen MR) is 205 cm³/mol. The summed E-state index contributed by atoms with van der Waals surface area (Å²) in [5, 5.41) is 8.44. The molecule has 0 aliphatic heterocycles. The molecule has 0 unspecified atom stereocenters. The summed E-state index contributed by atoms with van der Waals surface area (Å²) in [6.07, 6.45) is 0. The molecule has 10 rings (SSSR count). The van der Waals surface area contributed by atoms with E-state index in [0.717, 1.165) is 82.3 Å². The molecule has 0 saturated carbocycles. The van der Waals surface area contributed by atoms with Crippen molar-refractivity contribution in [1.29, 1.82) is 0 Å². The van der Waals surface area contributed by atoms with Crippen molar-refractivity contribution in [2.45, 2.75) is 0 Å². The quantitative estimate of drug-likeness (QED) is 0.175. The Kier molecular flexibility index (Phi) is 4.89. The molecule has 0 radical (unpaired) electrons. The van der Waals surface area contributed by atoms with Crippen LogP contribution in [0.4, 0.5) is 17.1 Å². The number of hydrogen-bond acceptors (Lipinski definition) is 1. The van der Waals surface area contributed by atoms with E-state index in [1.165, 1.54) is 0 Å². The van der Waals surface area contributed by atoms with E-state index in [0.29, 0.717) is 0 Å². The fourth-order valence-electron chi connectivity index (χ4n) is 7.56. The molecular formula is C46H30N2. The number of fused-ring (bicyclic) bond motifs is 4. The first kappa shape index (κ1) is 22.2. The molecule has 0 amide bonds. The van der Waals surface area contributed by atoms with Crippen molar-refractivity contribution < 1.29 is 6.85 Å². The molecule has 0 saturated heterocycles. The number of aromatic nitrogens is 1. The van der Waals surface area contributed by atoms with Crippen molar-refractivity contribution >= 4 is 71.2 Å². The van der Waals surface area contributed by atoms with Crippen molar-refractivity contribution in [2.24, 2.45) is 0 Å². The van der Waals surface area contributed by atoms with Crippen molar-refractivity contribution in [3.8, 4) is 16.8 Å². The number of rotatable bonds is 5. The third-order valence-electron chi connectivity index (χ3n) is 9.59. The van der Waals surface area contributed by atoms with Gasteiger partial charge < -0.3 is 9.47 Å². The SMILES string of the molecule is [2H]c1c([2H])c([2H])c(-n2c3ccccc3c3cc4ccc5c(-c6ccc(N(c7ccccc7)c7ccccc7)cc6)ccc6ccc(c4c65)c32)c([2H])c1[2H]. The van der Waals surface area contributed by atoms with Gasteiger partial charge >= 0.3 is 0 Å². The molecule has 2 heteroatoms. The topological polar surface area (TPSA) is 8.17 Å². The smallest absolute Gasteiger partial charge is 0.0645 e. The van der Waals surface area contributed by atoms with Gasteiger partial charge in [0, 0.05) is 38.9 Å². The zero-order chi connectivity index (χ0) is 36.0. The van der Waals surface area contributed by atoms with Crippen LogP contribution in [0, 0.1) is 0 Å². The van der Waals surface area contributed by atoms with Gasteiger partial charge in [-0.25, -0.2) is 0 Å². The van der Waals surface area contributed by atoms with Gasteiger partial charge in [-0.3, -0.25) is 0 Å². The number of nitrogens with zero attached hydrogens (tertiary/aromatic N) is 2. The summed E-state index contributed by atoms with van der Waals surface area (Å²) in [5.41, 5.74) is 7.22. The second-order valence-electron chi connectivity index (χ2n) is 12.2. The van der Waals surface area contributed by atoms with E-state index in [-0.39, 0.29) is 29.9 Å². The van der Waals surface area contributed by atoms with Crippen molar-refractivity contribution in [2.75, 3.05) is 4.90 Å². The molecule has 0 spiro atoms. The number of benzene rings is 9. The summed E-state index contributed by atoms with van der Waals surface area (Å²) in [6, 6.07) is 51.1. The molecule has 2 nitrogen and oxygen atoms in total. The molecular weight excluding hydrogens is 581 g/mol. The maximum atomic E-state index is 8.94.